The summed E-state index contributed by atoms with van der Waals surface area (Å²) >= 11 is 0. The first-order chi connectivity index (χ1) is 8.28. The number of nitrogens with zero attached hydrogens (tertiary/aromatic N) is 1. The fourth-order valence-electron chi connectivity index (χ4n) is 2.68. The number of carbonyl (C=O) groups is 1. The van der Waals surface area contributed by atoms with Gasteiger partial charge in [-0.05, 0) is 37.9 Å². The second kappa shape index (κ2) is 6.01. The Kier molecular flexibility index (Phi) is 4.37. The highest BCUT2D eigenvalue weighted by molar-refractivity contribution is 5.70. The van der Waals surface area contributed by atoms with Crippen LogP contribution in [-0.4, -0.2) is 24.8 Å². The minimum Gasteiger partial charge on any atom is -0.457 e. The maximum atomic E-state index is 10.5. The molecule has 1 fully saturated rings. The van der Waals surface area contributed by atoms with Crippen LogP contribution in [0.5, 0.6) is 0 Å². The van der Waals surface area contributed by atoms with Crippen molar-refractivity contribution in [3.8, 4) is 0 Å². The zero-order valence-corrected chi connectivity index (χ0v) is 10.5. The molecule has 0 spiro atoms. The van der Waals surface area contributed by atoms with Crippen LogP contribution in [0.15, 0.2) is 16.5 Å². The molecule has 94 valence electrons. The summed E-state index contributed by atoms with van der Waals surface area (Å²) in [5.74, 6) is 2.14. The third kappa shape index (κ3) is 3.70. The highest BCUT2D eigenvalue weighted by atomic mass is 16.3. The largest absolute Gasteiger partial charge is 0.457 e. The van der Waals surface area contributed by atoms with Crippen molar-refractivity contribution in [2.45, 2.75) is 38.6 Å². The maximum absolute atomic E-state index is 10.5. The van der Waals surface area contributed by atoms with Crippen LogP contribution in [0.1, 0.15) is 48.4 Å². The molecule has 1 saturated carbocycles. The summed E-state index contributed by atoms with van der Waals surface area (Å²) in [6.07, 6.45) is 7.65. The topological polar surface area (TPSA) is 33.5 Å². The molecule has 0 aliphatic heterocycles. The molecule has 3 heteroatoms. The van der Waals surface area contributed by atoms with Gasteiger partial charge in [-0.15, -0.1) is 0 Å². The fraction of sp³-hybridized carbons (Fsp3) is 0.643. The smallest absolute Gasteiger partial charge is 0.185 e. The Morgan fingerprint density at radius 2 is 2.12 bits per heavy atom. The summed E-state index contributed by atoms with van der Waals surface area (Å²) in [6, 6.07) is 3.62. The highest BCUT2D eigenvalue weighted by Gasteiger charge is 2.16. The average Bonchev–Trinajstić information content (AvgIpc) is 2.78. The molecule has 0 bridgehead atoms. The Balaban J connectivity index is 1.79. The fourth-order valence-corrected chi connectivity index (χ4v) is 2.68. The van der Waals surface area contributed by atoms with Crippen molar-refractivity contribution >= 4 is 6.29 Å². The van der Waals surface area contributed by atoms with E-state index < -0.39 is 0 Å². The predicted octanol–water partition coefficient (Wildman–Crippen LogP) is 3.10. The van der Waals surface area contributed by atoms with Gasteiger partial charge in [-0.1, -0.05) is 19.3 Å². The van der Waals surface area contributed by atoms with E-state index in [1.54, 1.807) is 6.07 Å². The van der Waals surface area contributed by atoms with Gasteiger partial charge in [0.1, 0.15) is 5.76 Å². The molecule has 0 atom stereocenters. The predicted molar refractivity (Wildman–Crippen MR) is 67.0 cm³/mol. The van der Waals surface area contributed by atoms with E-state index in [0.717, 1.165) is 31.1 Å². The molecule has 0 unspecified atom stereocenters. The van der Waals surface area contributed by atoms with Crippen molar-refractivity contribution in [3.63, 3.8) is 0 Å². The molecule has 0 aromatic carbocycles. The summed E-state index contributed by atoms with van der Waals surface area (Å²) in [4.78, 5) is 12.8. The van der Waals surface area contributed by atoms with E-state index in [2.05, 4.69) is 11.9 Å². The average molecular weight is 235 g/mol. The summed E-state index contributed by atoms with van der Waals surface area (Å²) in [6.45, 7) is 1.93. The molecule has 3 nitrogen and oxygen atoms in total. The van der Waals surface area contributed by atoms with Gasteiger partial charge in [0.25, 0.3) is 0 Å². The first-order valence-corrected chi connectivity index (χ1v) is 6.50. The second-order valence-corrected chi connectivity index (χ2v) is 5.12. The molecule has 1 heterocycles. The minimum atomic E-state index is 0.422. The van der Waals surface area contributed by atoms with Crippen LogP contribution < -0.4 is 0 Å². The molecule has 0 saturated heterocycles. The summed E-state index contributed by atoms with van der Waals surface area (Å²) < 4.78 is 5.38. The number of carbonyl (C=O) groups excluding carboxylic acids is 1. The normalized spacial score (nSPS) is 17.5. The van der Waals surface area contributed by atoms with Crippen LogP contribution in [0.3, 0.4) is 0 Å². The van der Waals surface area contributed by atoms with Crippen molar-refractivity contribution in [1.82, 2.24) is 4.90 Å². The third-order valence-corrected chi connectivity index (χ3v) is 3.52. The SMILES string of the molecule is CN(Cc1ccc(C=O)o1)CC1CCCCC1. The number of furan rings is 1. The van der Waals surface area contributed by atoms with Gasteiger partial charge < -0.3 is 4.42 Å². The Bertz CT molecular complexity index is 353. The van der Waals surface area contributed by atoms with E-state index in [1.165, 1.54) is 32.1 Å². The molecule has 2 rings (SSSR count). The molecule has 1 aliphatic carbocycles. The quantitative estimate of drug-likeness (QED) is 0.735. The second-order valence-electron chi connectivity index (χ2n) is 5.12. The molecule has 0 amide bonds. The minimum absolute atomic E-state index is 0.422. The first kappa shape index (κ1) is 12.4. The lowest BCUT2D eigenvalue weighted by molar-refractivity contribution is 0.109. The van der Waals surface area contributed by atoms with Crippen molar-refractivity contribution in [2.24, 2.45) is 5.92 Å². The number of hydrogen-bond donors (Lipinski definition) is 0. The number of hydrogen-bond acceptors (Lipinski definition) is 3. The monoisotopic (exact) mass is 235 g/mol. The first-order valence-electron chi connectivity index (χ1n) is 6.50. The van der Waals surface area contributed by atoms with Gasteiger partial charge >= 0.3 is 0 Å². The zero-order valence-electron chi connectivity index (χ0n) is 10.5. The summed E-state index contributed by atoms with van der Waals surface area (Å²) in [7, 11) is 2.12. The Hall–Kier alpha value is -1.09. The van der Waals surface area contributed by atoms with Gasteiger partial charge in [0.15, 0.2) is 12.0 Å². The number of rotatable bonds is 5. The molecule has 17 heavy (non-hydrogen) atoms. The molecule has 1 aliphatic rings. The van der Waals surface area contributed by atoms with Crippen molar-refractivity contribution in [2.75, 3.05) is 13.6 Å². The maximum Gasteiger partial charge on any atom is 0.185 e. The zero-order chi connectivity index (χ0) is 12.1. The third-order valence-electron chi connectivity index (χ3n) is 3.52. The molecular formula is C14H21NO2. The Morgan fingerprint density at radius 1 is 1.35 bits per heavy atom. The van der Waals surface area contributed by atoms with Crippen LogP contribution >= 0.6 is 0 Å². The van der Waals surface area contributed by atoms with Gasteiger partial charge in [0, 0.05) is 6.54 Å². The van der Waals surface area contributed by atoms with Gasteiger partial charge in [-0.2, -0.15) is 0 Å². The standard InChI is InChI=1S/C14H21NO2/c1-15(9-12-5-3-2-4-6-12)10-13-7-8-14(11-16)17-13/h7-8,11-12H,2-6,9-10H2,1H3. The van der Waals surface area contributed by atoms with Gasteiger partial charge in [0.2, 0.25) is 0 Å². The Labute approximate surface area is 103 Å². The lowest BCUT2D eigenvalue weighted by atomic mass is 9.89. The van der Waals surface area contributed by atoms with Gasteiger partial charge in [-0.3, -0.25) is 9.69 Å². The summed E-state index contributed by atoms with van der Waals surface area (Å²) in [5, 5.41) is 0. The van der Waals surface area contributed by atoms with Crippen LogP contribution in [0.25, 0.3) is 0 Å². The van der Waals surface area contributed by atoms with E-state index in [1.807, 2.05) is 6.07 Å². The lowest BCUT2D eigenvalue weighted by Gasteiger charge is -2.26. The van der Waals surface area contributed by atoms with Crippen molar-refractivity contribution in [1.29, 1.82) is 0 Å². The van der Waals surface area contributed by atoms with Crippen LogP contribution in [0.4, 0.5) is 0 Å². The van der Waals surface area contributed by atoms with Crippen LogP contribution in [0.2, 0.25) is 0 Å². The van der Waals surface area contributed by atoms with E-state index >= 15 is 0 Å². The van der Waals surface area contributed by atoms with E-state index in [0.29, 0.717) is 5.76 Å². The van der Waals surface area contributed by atoms with Crippen LogP contribution in [-0.2, 0) is 6.54 Å². The lowest BCUT2D eigenvalue weighted by Crippen LogP contribution is -2.26. The van der Waals surface area contributed by atoms with E-state index in [9.17, 15) is 4.79 Å². The number of aldehydes is 1. The Morgan fingerprint density at radius 3 is 2.76 bits per heavy atom. The van der Waals surface area contributed by atoms with Crippen molar-refractivity contribution < 1.29 is 9.21 Å². The summed E-state index contributed by atoms with van der Waals surface area (Å²) in [5.41, 5.74) is 0. The molecule has 0 radical (unpaired) electrons. The van der Waals surface area contributed by atoms with E-state index in [4.69, 9.17) is 4.42 Å². The van der Waals surface area contributed by atoms with E-state index in [-0.39, 0.29) is 0 Å². The molecular weight excluding hydrogens is 214 g/mol. The van der Waals surface area contributed by atoms with Crippen molar-refractivity contribution in [3.05, 3.63) is 23.7 Å². The highest BCUT2D eigenvalue weighted by Crippen LogP contribution is 2.24. The molecule has 0 N–H and O–H groups in total. The van der Waals surface area contributed by atoms with Gasteiger partial charge in [0.05, 0.1) is 6.54 Å². The molecule has 1 aromatic heterocycles. The van der Waals surface area contributed by atoms with Gasteiger partial charge in [-0.25, -0.2) is 0 Å². The van der Waals surface area contributed by atoms with Crippen LogP contribution in [0, 0.1) is 5.92 Å². The molecule has 1 aromatic rings.